The highest BCUT2D eigenvalue weighted by Crippen LogP contribution is 2.25. The van der Waals surface area contributed by atoms with Gasteiger partial charge in [0.1, 0.15) is 5.75 Å². The zero-order chi connectivity index (χ0) is 22.3. The molecule has 162 valence electrons. The molecule has 0 aliphatic rings. The summed E-state index contributed by atoms with van der Waals surface area (Å²) in [5, 5.41) is 5.41. The third-order valence-electron chi connectivity index (χ3n) is 4.33. The lowest BCUT2D eigenvalue weighted by molar-refractivity contribution is 0.240. The molecule has 2 amide bonds. The number of aromatic nitrogens is 1. The molecule has 0 aliphatic heterocycles. The van der Waals surface area contributed by atoms with Gasteiger partial charge in [0.2, 0.25) is 0 Å². The largest absolute Gasteiger partial charge is 0.491 e. The number of nitrogens with one attached hydrogen (secondary N) is 2. The molecule has 0 fully saturated rings. The van der Waals surface area contributed by atoms with E-state index in [0.717, 1.165) is 5.56 Å². The second-order valence-corrected chi connectivity index (χ2v) is 9.22. The Kier molecular flexibility index (Phi) is 7.25. The molecule has 2 aromatic carbocycles. The van der Waals surface area contributed by atoms with E-state index in [-0.39, 0.29) is 22.8 Å². The quantitative estimate of drug-likeness (QED) is 0.549. The Labute approximate surface area is 182 Å². The topological polar surface area (TPSA) is 97.4 Å². The van der Waals surface area contributed by atoms with E-state index in [2.05, 4.69) is 15.6 Å². The molecule has 0 aliphatic carbocycles. The van der Waals surface area contributed by atoms with Crippen LogP contribution in [0.1, 0.15) is 25.0 Å². The van der Waals surface area contributed by atoms with Crippen molar-refractivity contribution in [1.29, 1.82) is 0 Å². The summed E-state index contributed by atoms with van der Waals surface area (Å²) in [5.74, 6) is 0.388. The number of carbonyl (C=O) groups is 1. The molecular formula is C23H25N3O4S. The number of para-hydroxylation sites is 1. The van der Waals surface area contributed by atoms with Crippen molar-refractivity contribution < 1.29 is 17.9 Å². The highest BCUT2D eigenvalue weighted by Gasteiger charge is 2.18. The minimum absolute atomic E-state index is 0.0569. The molecular weight excluding hydrogens is 414 g/mol. The third kappa shape index (κ3) is 6.55. The summed E-state index contributed by atoms with van der Waals surface area (Å²) in [4.78, 5) is 16.2. The van der Waals surface area contributed by atoms with Gasteiger partial charge in [-0.15, -0.1) is 0 Å². The number of pyridine rings is 1. The van der Waals surface area contributed by atoms with Crippen molar-refractivity contribution in [2.45, 2.75) is 37.1 Å². The number of benzene rings is 2. The van der Waals surface area contributed by atoms with E-state index in [1.165, 1.54) is 12.1 Å². The van der Waals surface area contributed by atoms with Crippen molar-refractivity contribution in [2.75, 3.05) is 5.32 Å². The predicted octanol–water partition coefficient (Wildman–Crippen LogP) is 4.16. The molecule has 0 radical (unpaired) electrons. The first-order valence-corrected chi connectivity index (χ1v) is 11.5. The lowest BCUT2D eigenvalue weighted by Crippen LogP contribution is -2.28. The average molecular weight is 440 g/mol. The molecule has 0 atom stereocenters. The summed E-state index contributed by atoms with van der Waals surface area (Å²) in [6.07, 6.45) is 3.28. The van der Waals surface area contributed by atoms with Crippen LogP contribution in [-0.4, -0.2) is 25.5 Å². The van der Waals surface area contributed by atoms with Crippen molar-refractivity contribution >= 4 is 21.6 Å². The second kappa shape index (κ2) is 10.1. The highest BCUT2D eigenvalue weighted by molar-refractivity contribution is 7.90. The molecule has 1 heterocycles. The normalized spacial score (nSPS) is 11.2. The molecule has 1 aromatic heterocycles. The van der Waals surface area contributed by atoms with Crippen LogP contribution in [0.5, 0.6) is 5.75 Å². The van der Waals surface area contributed by atoms with Crippen molar-refractivity contribution in [3.8, 4) is 5.75 Å². The molecule has 0 spiro atoms. The molecule has 31 heavy (non-hydrogen) atoms. The molecule has 8 heteroatoms. The molecule has 3 rings (SSSR count). The average Bonchev–Trinajstić information content (AvgIpc) is 2.74. The van der Waals surface area contributed by atoms with Gasteiger partial charge >= 0.3 is 6.03 Å². The van der Waals surface area contributed by atoms with Crippen LogP contribution in [0.15, 0.2) is 78.0 Å². The van der Waals surface area contributed by atoms with E-state index >= 15 is 0 Å². The number of hydrogen-bond donors (Lipinski definition) is 2. The first-order chi connectivity index (χ1) is 14.8. The van der Waals surface area contributed by atoms with Crippen LogP contribution in [0.4, 0.5) is 10.5 Å². The van der Waals surface area contributed by atoms with Gasteiger partial charge in [0.05, 0.1) is 16.8 Å². The maximum absolute atomic E-state index is 12.9. The Hall–Kier alpha value is -3.39. The van der Waals surface area contributed by atoms with Crippen LogP contribution in [0.2, 0.25) is 0 Å². The number of sulfone groups is 1. The van der Waals surface area contributed by atoms with Gasteiger partial charge in [0.15, 0.2) is 9.84 Å². The van der Waals surface area contributed by atoms with Crippen molar-refractivity contribution in [3.63, 3.8) is 0 Å². The van der Waals surface area contributed by atoms with Gasteiger partial charge in [-0.05, 0) is 55.8 Å². The van der Waals surface area contributed by atoms with Crippen molar-refractivity contribution in [3.05, 3.63) is 84.2 Å². The maximum Gasteiger partial charge on any atom is 0.319 e. The zero-order valence-electron chi connectivity index (χ0n) is 17.4. The van der Waals surface area contributed by atoms with Gasteiger partial charge < -0.3 is 15.4 Å². The Bertz CT molecular complexity index is 1120. The summed E-state index contributed by atoms with van der Waals surface area (Å²) in [7, 11) is -3.58. The van der Waals surface area contributed by atoms with Crippen LogP contribution in [0.25, 0.3) is 0 Å². The van der Waals surface area contributed by atoms with Gasteiger partial charge in [-0.25, -0.2) is 13.2 Å². The molecule has 7 nitrogen and oxygen atoms in total. The third-order valence-corrected chi connectivity index (χ3v) is 6.01. The second-order valence-electron chi connectivity index (χ2n) is 7.23. The van der Waals surface area contributed by atoms with Crippen LogP contribution in [0.3, 0.4) is 0 Å². The molecule has 0 unspecified atom stereocenters. The number of rotatable bonds is 8. The summed E-state index contributed by atoms with van der Waals surface area (Å²) >= 11 is 0. The Morgan fingerprint density at radius 1 is 1.03 bits per heavy atom. The minimum atomic E-state index is -3.58. The zero-order valence-corrected chi connectivity index (χ0v) is 18.2. The number of urea groups is 1. The predicted molar refractivity (Wildman–Crippen MR) is 120 cm³/mol. The SMILES string of the molecule is CC(C)Oc1ccccc1CS(=O)(=O)c1ccc(NC(=O)NCc2cccnc2)cc1. The number of ether oxygens (including phenoxy) is 1. The van der Waals surface area contributed by atoms with Gasteiger partial charge in [-0.3, -0.25) is 4.98 Å². The number of amides is 2. The number of carbonyl (C=O) groups excluding carboxylic acids is 1. The van der Waals surface area contributed by atoms with Crippen molar-refractivity contribution in [1.82, 2.24) is 10.3 Å². The molecule has 0 saturated heterocycles. The van der Waals surface area contributed by atoms with E-state index in [9.17, 15) is 13.2 Å². The van der Waals surface area contributed by atoms with Gasteiger partial charge in [-0.2, -0.15) is 0 Å². The Morgan fingerprint density at radius 3 is 2.45 bits per heavy atom. The first kappa shape index (κ1) is 22.3. The van der Waals surface area contributed by atoms with Gasteiger partial charge in [0.25, 0.3) is 0 Å². The standard InChI is InChI=1S/C23H25N3O4S/c1-17(2)30-22-8-4-3-7-19(22)16-31(28,29)21-11-9-20(10-12-21)26-23(27)25-15-18-6-5-13-24-14-18/h3-14,17H,15-16H2,1-2H3,(H2,25,26,27). The fourth-order valence-electron chi connectivity index (χ4n) is 2.89. The maximum atomic E-state index is 12.9. The monoisotopic (exact) mass is 439 g/mol. The van der Waals surface area contributed by atoms with E-state index in [1.54, 1.807) is 48.8 Å². The van der Waals surface area contributed by atoms with E-state index < -0.39 is 9.84 Å². The minimum Gasteiger partial charge on any atom is -0.491 e. The van der Waals surface area contributed by atoms with Gasteiger partial charge in [0, 0.05) is 30.2 Å². The van der Waals surface area contributed by atoms with E-state index in [4.69, 9.17) is 4.74 Å². The summed E-state index contributed by atoms with van der Waals surface area (Å²) in [6.45, 7) is 4.12. The van der Waals surface area contributed by atoms with E-state index in [0.29, 0.717) is 23.5 Å². The van der Waals surface area contributed by atoms with Crippen LogP contribution >= 0.6 is 0 Å². The molecule has 2 N–H and O–H groups in total. The Morgan fingerprint density at radius 2 is 1.77 bits per heavy atom. The van der Waals surface area contributed by atoms with Crippen LogP contribution in [-0.2, 0) is 22.1 Å². The van der Waals surface area contributed by atoms with Crippen molar-refractivity contribution in [2.24, 2.45) is 0 Å². The number of anilines is 1. The Balaban J connectivity index is 1.63. The summed E-state index contributed by atoms with van der Waals surface area (Å²) in [6, 6.07) is 16.5. The van der Waals surface area contributed by atoms with Crippen LogP contribution in [0, 0.1) is 0 Å². The fraction of sp³-hybridized carbons (Fsp3) is 0.217. The summed E-state index contributed by atoms with van der Waals surface area (Å²) in [5.41, 5.74) is 1.97. The summed E-state index contributed by atoms with van der Waals surface area (Å²) < 4.78 is 31.5. The highest BCUT2D eigenvalue weighted by atomic mass is 32.2. The lowest BCUT2D eigenvalue weighted by atomic mass is 10.2. The number of nitrogens with zero attached hydrogens (tertiary/aromatic N) is 1. The molecule has 0 bridgehead atoms. The fourth-order valence-corrected chi connectivity index (χ4v) is 4.25. The van der Waals surface area contributed by atoms with E-state index in [1.807, 2.05) is 26.0 Å². The van der Waals surface area contributed by atoms with Gasteiger partial charge in [-0.1, -0.05) is 24.3 Å². The first-order valence-electron chi connectivity index (χ1n) is 9.84. The van der Waals surface area contributed by atoms with Crippen LogP contribution < -0.4 is 15.4 Å². The lowest BCUT2D eigenvalue weighted by Gasteiger charge is -2.14. The number of hydrogen-bond acceptors (Lipinski definition) is 5. The smallest absolute Gasteiger partial charge is 0.319 e. The molecule has 0 saturated carbocycles. The molecule has 3 aromatic rings.